The molecule has 0 bridgehead atoms. The van der Waals surface area contributed by atoms with Crippen LogP contribution in [0.3, 0.4) is 0 Å². The highest BCUT2D eigenvalue weighted by atomic mass is 16.5. The Hall–Kier alpha value is -1.56. The van der Waals surface area contributed by atoms with E-state index in [9.17, 15) is 0 Å². The van der Waals surface area contributed by atoms with Crippen LogP contribution in [-0.4, -0.2) is 48.9 Å². The summed E-state index contributed by atoms with van der Waals surface area (Å²) in [6, 6.07) is 0. The molecular weight excluding hydrogens is 218 g/mol. The molecule has 0 fully saturated rings. The first kappa shape index (κ1) is 13.5. The zero-order valence-electron chi connectivity index (χ0n) is 10.5. The first-order valence-corrected chi connectivity index (χ1v) is 5.83. The summed E-state index contributed by atoms with van der Waals surface area (Å²) in [5.41, 5.74) is 0. The number of guanidine groups is 1. The van der Waals surface area contributed by atoms with Crippen LogP contribution < -0.4 is 10.6 Å². The quantitative estimate of drug-likeness (QED) is 0.402. The van der Waals surface area contributed by atoms with Crippen LogP contribution in [0.4, 0.5) is 0 Å². The highest BCUT2D eigenvalue weighted by molar-refractivity contribution is 5.79. The van der Waals surface area contributed by atoms with E-state index in [2.05, 4.69) is 20.6 Å². The van der Waals surface area contributed by atoms with Crippen molar-refractivity contribution in [2.75, 3.05) is 33.4 Å². The van der Waals surface area contributed by atoms with Crippen LogP contribution in [0.2, 0.25) is 0 Å². The number of hydrogen-bond acceptors (Lipinski definition) is 3. The maximum absolute atomic E-state index is 4.96. The SMILES string of the molecule is CCNC(=NCCOC)NCCn1ccnc1. The van der Waals surface area contributed by atoms with Crippen molar-refractivity contribution in [3.05, 3.63) is 18.7 Å². The summed E-state index contributed by atoms with van der Waals surface area (Å²) in [7, 11) is 1.68. The van der Waals surface area contributed by atoms with Crippen molar-refractivity contribution in [1.29, 1.82) is 0 Å². The molecule has 1 heterocycles. The van der Waals surface area contributed by atoms with Crippen molar-refractivity contribution in [3.8, 4) is 0 Å². The van der Waals surface area contributed by atoms with Crippen LogP contribution in [0.1, 0.15) is 6.92 Å². The van der Waals surface area contributed by atoms with Gasteiger partial charge in [0.15, 0.2) is 5.96 Å². The number of nitrogens with zero attached hydrogens (tertiary/aromatic N) is 3. The fraction of sp³-hybridized carbons (Fsp3) is 0.636. The maximum Gasteiger partial charge on any atom is 0.191 e. The molecule has 17 heavy (non-hydrogen) atoms. The minimum atomic E-state index is 0.637. The summed E-state index contributed by atoms with van der Waals surface area (Å²) in [5.74, 6) is 0.824. The van der Waals surface area contributed by atoms with E-state index in [-0.39, 0.29) is 0 Å². The van der Waals surface area contributed by atoms with Crippen LogP contribution in [0, 0.1) is 0 Å². The molecule has 0 saturated carbocycles. The smallest absolute Gasteiger partial charge is 0.191 e. The fourth-order valence-corrected chi connectivity index (χ4v) is 1.31. The molecule has 0 aromatic carbocycles. The first-order valence-electron chi connectivity index (χ1n) is 5.83. The molecule has 0 amide bonds. The second-order valence-electron chi connectivity index (χ2n) is 3.48. The Morgan fingerprint density at radius 2 is 2.35 bits per heavy atom. The predicted molar refractivity (Wildman–Crippen MR) is 68.1 cm³/mol. The number of aliphatic imine (C=N–C) groups is 1. The largest absolute Gasteiger partial charge is 0.383 e. The van der Waals surface area contributed by atoms with Gasteiger partial charge in [-0.15, -0.1) is 0 Å². The summed E-state index contributed by atoms with van der Waals surface area (Å²) >= 11 is 0. The summed E-state index contributed by atoms with van der Waals surface area (Å²) in [6.45, 7) is 5.88. The Bertz CT molecular complexity index is 310. The van der Waals surface area contributed by atoms with Gasteiger partial charge in [0.05, 0.1) is 19.5 Å². The number of rotatable bonds is 7. The van der Waals surface area contributed by atoms with Crippen molar-refractivity contribution < 1.29 is 4.74 Å². The zero-order chi connectivity index (χ0) is 12.3. The van der Waals surface area contributed by atoms with Crippen molar-refractivity contribution >= 4 is 5.96 Å². The average Bonchev–Trinajstić information content (AvgIpc) is 2.82. The van der Waals surface area contributed by atoms with Gasteiger partial charge in [-0.3, -0.25) is 4.99 Å². The summed E-state index contributed by atoms with van der Waals surface area (Å²) in [4.78, 5) is 8.36. The Kier molecular flexibility index (Phi) is 6.81. The molecule has 0 unspecified atom stereocenters. The average molecular weight is 239 g/mol. The molecule has 0 atom stereocenters. The van der Waals surface area contributed by atoms with E-state index in [1.807, 2.05) is 17.7 Å². The first-order chi connectivity index (χ1) is 8.36. The molecule has 0 saturated heterocycles. The lowest BCUT2D eigenvalue weighted by Gasteiger charge is -2.11. The lowest BCUT2D eigenvalue weighted by molar-refractivity contribution is 0.208. The Balaban J connectivity index is 2.25. The maximum atomic E-state index is 4.96. The van der Waals surface area contributed by atoms with Crippen molar-refractivity contribution in [3.63, 3.8) is 0 Å². The molecule has 2 N–H and O–H groups in total. The highest BCUT2D eigenvalue weighted by Gasteiger charge is 1.96. The van der Waals surface area contributed by atoms with E-state index in [1.54, 1.807) is 19.6 Å². The second kappa shape index (κ2) is 8.58. The zero-order valence-corrected chi connectivity index (χ0v) is 10.5. The topological polar surface area (TPSA) is 63.5 Å². The van der Waals surface area contributed by atoms with Gasteiger partial charge in [0.25, 0.3) is 0 Å². The van der Waals surface area contributed by atoms with Gasteiger partial charge in [0.2, 0.25) is 0 Å². The van der Waals surface area contributed by atoms with Gasteiger partial charge in [-0.1, -0.05) is 0 Å². The number of nitrogens with one attached hydrogen (secondary N) is 2. The molecular formula is C11H21N5O. The van der Waals surface area contributed by atoms with Gasteiger partial charge in [-0.2, -0.15) is 0 Å². The van der Waals surface area contributed by atoms with E-state index in [0.29, 0.717) is 13.2 Å². The molecule has 0 aliphatic carbocycles. The Morgan fingerprint density at radius 3 is 3.00 bits per heavy atom. The third kappa shape index (κ3) is 5.91. The molecule has 0 radical (unpaired) electrons. The van der Waals surface area contributed by atoms with E-state index in [0.717, 1.165) is 25.6 Å². The molecule has 1 rings (SSSR count). The second-order valence-corrected chi connectivity index (χ2v) is 3.48. The van der Waals surface area contributed by atoms with E-state index >= 15 is 0 Å². The third-order valence-electron chi connectivity index (χ3n) is 2.13. The molecule has 6 heteroatoms. The van der Waals surface area contributed by atoms with Gasteiger partial charge >= 0.3 is 0 Å². The third-order valence-corrected chi connectivity index (χ3v) is 2.13. The molecule has 0 aliphatic heterocycles. The van der Waals surface area contributed by atoms with Crippen molar-refractivity contribution in [2.45, 2.75) is 13.5 Å². The van der Waals surface area contributed by atoms with Gasteiger partial charge < -0.3 is 19.9 Å². The number of ether oxygens (including phenoxy) is 1. The van der Waals surface area contributed by atoms with Gasteiger partial charge in [-0.25, -0.2) is 4.98 Å². The molecule has 1 aromatic heterocycles. The molecule has 0 spiro atoms. The van der Waals surface area contributed by atoms with E-state index in [1.165, 1.54) is 0 Å². The molecule has 6 nitrogen and oxygen atoms in total. The number of imidazole rings is 1. The Labute approximate surface area is 102 Å². The number of aromatic nitrogens is 2. The highest BCUT2D eigenvalue weighted by Crippen LogP contribution is 1.84. The molecule has 96 valence electrons. The predicted octanol–water partition coefficient (Wildman–Crippen LogP) is 0.0846. The van der Waals surface area contributed by atoms with Crippen molar-refractivity contribution in [2.24, 2.45) is 4.99 Å². The van der Waals surface area contributed by atoms with Crippen LogP contribution in [0.25, 0.3) is 0 Å². The van der Waals surface area contributed by atoms with Gasteiger partial charge in [-0.05, 0) is 6.92 Å². The fourth-order valence-electron chi connectivity index (χ4n) is 1.31. The summed E-state index contributed by atoms with van der Waals surface area (Å²) in [6.07, 6.45) is 5.52. The monoisotopic (exact) mass is 239 g/mol. The Morgan fingerprint density at radius 1 is 1.47 bits per heavy atom. The minimum absolute atomic E-state index is 0.637. The van der Waals surface area contributed by atoms with Gasteiger partial charge in [0.1, 0.15) is 0 Å². The van der Waals surface area contributed by atoms with Crippen molar-refractivity contribution in [1.82, 2.24) is 20.2 Å². The van der Waals surface area contributed by atoms with Crippen LogP contribution in [-0.2, 0) is 11.3 Å². The normalized spacial score (nSPS) is 11.5. The summed E-state index contributed by atoms with van der Waals surface area (Å²) in [5, 5.41) is 6.43. The van der Waals surface area contributed by atoms with Crippen LogP contribution >= 0.6 is 0 Å². The summed E-state index contributed by atoms with van der Waals surface area (Å²) < 4.78 is 6.98. The standard InChI is InChI=1S/C11H21N5O/c1-3-13-11(15-6-9-17-2)14-5-8-16-7-4-12-10-16/h4,7,10H,3,5-6,8-9H2,1-2H3,(H2,13,14,15). The minimum Gasteiger partial charge on any atom is -0.383 e. The number of hydrogen-bond donors (Lipinski definition) is 2. The molecule has 0 aliphatic rings. The van der Waals surface area contributed by atoms with Crippen LogP contribution in [0.5, 0.6) is 0 Å². The van der Waals surface area contributed by atoms with E-state index in [4.69, 9.17) is 4.74 Å². The van der Waals surface area contributed by atoms with Crippen LogP contribution in [0.15, 0.2) is 23.7 Å². The number of methoxy groups -OCH3 is 1. The van der Waals surface area contributed by atoms with Gasteiger partial charge in [0, 0.05) is 39.1 Å². The van der Waals surface area contributed by atoms with E-state index < -0.39 is 0 Å². The lowest BCUT2D eigenvalue weighted by Crippen LogP contribution is -2.39. The molecule has 1 aromatic rings. The lowest BCUT2D eigenvalue weighted by atomic mass is 10.6.